The van der Waals surface area contributed by atoms with Crippen LogP contribution in [0.5, 0.6) is 0 Å². The predicted octanol–water partition coefficient (Wildman–Crippen LogP) is 0.453. The minimum atomic E-state index is -1.04. The fourth-order valence-electron chi connectivity index (χ4n) is 2.34. The van der Waals surface area contributed by atoms with Crippen molar-refractivity contribution in [2.75, 3.05) is 38.5 Å². The van der Waals surface area contributed by atoms with Gasteiger partial charge in [0.05, 0.1) is 16.8 Å². The molecule has 1 unspecified atom stereocenters. The monoisotopic (exact) mass is 278 g/mol. The molecule has 1 aliphatic rings. The smallest absolute Gasteiger partial charge is 0.126 e. The molecule has 19 heavy (non-hydrogen) atoms. The zero-order chi connectivity index (χ0) is 13.1. The maximum Gasteiger partial charge on any atom is 0.126 e. The van der Waals surface area contributed by atoms with Crippen LogP contribution in [0.25, 0.3) is 11.0 Å². The Morgan fingerprint density at radius 2 is 2.05 bits per heavy atom. The fraction of sp³-hybridized carbons (Fsp3) is 0.462. The van der Waals surface area contributed by atoms with Crippen LogP contribution in [0.15, 0.2) is 30.6 Å². The lowest BCUT2D eigenvalue weighted by Crippen LogP contribution is -2.44. The van der Waals surface area contributed by atoms with Gasteiger partial charge in [0.1, 0.15) is 17.3 Å². The van der Waals surface area contributed by atoms with Crippen LogP contribution in [0.1, 0.15) is 0 Å². The molecule has 5 nitrogen and oxygen atoms in total. The van der Waals surface area contributed by atoms with E-state index in [1.165, 1.54) is 0 Å². The topological polar surface area (TPSA) is 50.2 Å². The number of fused-ring (bicyclic) bond motifs is 1. The van der Waals surface area contributed by atoms with Gasteiger partial charge in [0.25, 0.3) is 0 Å². The van der Waals surface area contributed by atoms with E-state index in [9.17, 15) is 4.21 Å². The third-order valence-corrected chi connectivity index (χ3v) is 4.69. The summed E-state index contributed by atoms with van der Waals surface area (Å²) in [4.78, 5) is 6.64. The van der Waals surface area contributed by atoms with Crippen LogP contribution in [0.4, 0.5) is 0 Å². The summed E-state index contributed by atoms with van der Waals surface area (Å²) >= 11 is 0. The number of imidazole rings is 1. The molecular formula is C13H18N4OS. The number of nitrogens with one attached hydrogen (secondary N) is 1. The average molecular weight is 278 g/mol. The highest BCUT2D eigenvalue weighted by Gasteiger charge is 2.12. The molecule has 0 spiro atoms. The van der Waals surface area contributed by atoms with Gasteiger partial charge >= 0.3 is 0 Å². The lowest BCUT2D eigenvalue weighted by molar-refractivity contribution is 0.254. The maximum atomic E-state index is 12.4. The van der Waals surface area contributed by atoms with Crippen molar-refractivity contribution in [1.82, 2.24) is 19.2 Å². The quantitative estimate of drug-likeness (QED) is 0.882. The molecule has 1 aliphatic heterocycles. The first kappa shape index (κ1) is 12.8. The number of rotatable bonds is 4. The summed E-state index contributed by atoms with van der Waals surface area (Å²) < 4.78 is 14.1. The Balaban J connectivity index is 1.66. The SMILES string of the molecule is O=S(CCN1CCNCC1)n1cnc2ccccc21. The van der Waals surface area contributed by atoms with E-state index in [1.54, 1.807) is 10.3 Å². The lowest BCUT2D eigenvalue weighted by atomic mass is 10.3. The maximum absolute atomic E-state index is 12.4. The minimum absolute atomic E-state index is 0.653. The van der Waals surface area contributed by atoms with Crippen LogP contribution in [-0.4, -0.2) is 56.5 Å². The van der Waals surface area contributed by atoms with Crippen LogP contribution >= 0.6 is 0 Å². The Morgan fingerprint density at radius 3 is 2.89 bits per heavy atom. The van der Waals surface area contributed by atoms with Gasteiger partial charge < -0.3 is 5.32 Å². The zero-order valence-corrected chi connectivity index (χ0v) is 11.6. The molecule has 102 valence electrons. The molecule has 0 saturated carbocycles. The van der Waals surface area contributed by atoms with Crippen molar-refractivity contribution in [2.24, 2.45) is 0 Å². The van der Waals surface area contributed by atoms with E-state index in [0.29, 0.717) is 5.75 Å². The molecule has 0 radical (unpaired) electrons. The molecule has 0 amide bonds. The van der Waals surface area contributed by atoms with Crippen molar-refractivity contribution in [3.8, 4) is 0 Å². The van der Waals surface area contributed by atoms with Gasteiger partial charge in [-0.3, -0.25) is 4.90 Å². The Labute approximate surface area is 115 Å². The molecular weight excluding hydrogens is 260 g/mol. The third-order valence-electron chi connectivity index (χ3n) is 3.43. The average Bonchev–Trinajstić information content (AvgIpc) is 2.90. The summed E-state index contributed by atoms with van der Waals surface area (Å²) in [6, 6.07) is 7.81. The van der Waals surface area contributed by atoms with E-state index in [1.807, 2.05) is 24.3 Å². The first-order valence-electron chi connectivity index (χ1n) is 6.58. The van der Waals surface area contributed by atoms with Crippen molar-refractivity contribution >= 4 is 22.0 Å². The van der Waals surface area contributed by atoms with E-state index < -0.39 is 11.0 Å². The Kier molecular flexibility index (Phi) is 3.91. The fourth-order valence-corrected chi connectivity index (χ4v) is 3.48. The molecule has 1 atom stereocenters. The number of para-hydroxylation sites is 2. The summed E-state index contributed by atoms with van der Waals surface area (Å²) in [5.74, 6) is 0.653. The molecule has 0 aliphatic carbocycles. The van der Waals surface area contributed by atoms with E-state index in [2.05, 4.69) is 15.2 Å². The lowest BCUT2D eigenvalue weighted by Gasteiger charge is -2.26. The molecule has 2 heterocycles. The number of nitrogens with zero attached hydrogens (tertiary/aromatic N) is 3. The number of piperazine rings is 1. The van der Waals surface area contributed by atoms with Gasteiger partial charge in [-0.1, -0.05) is 12.1 Å². The normalized spacial score (nSPS) is 18.7. The molecule has 2 aromatic rings. The van der Waals surface area contributed by atoms with E-state index in [-0.39, 0.29) is 0 Å². The summed E-state index contributed by atoms with van der Waals surface area (Å²) in [5.41, 5.74) is 1.85. The summed E-state index contributed by atoms with van der Waals surface area (Å²) in [5, 5.41) is 3.32. The zero-order valence-electron chi connectivity index (χ0n) is 10.8. The van der Waals surface area contributed by atoms with Gasteiger partial charge in [-0.15, -0.1) is 0 Å². The van der Waals surface area contributed by atoms with Crippen molar-refractivity contribution < 1.29 is 4.21 Å². The highest BCUT2D eigenvalue weighted by Crippen LogP contribution is 2.12. The summed E-state index contributed by atoms with van der Waals surface area (Å²) in [6.45, 7) is 5.02. The number of benzene rings is 1. The summed E-state index contributed by atoms with van der Waals surface area (Å²) in [6.07, 6.45) is 1.68. The number of hydrogen-bond acceptors (Lipinski definition) is 4. The Bertz CT molecular complexity index is 577. The standard InChI is InChI=1S/C13H18N4OS/c18-19(10-9-16-7-5-14-6-8-16)17-11-15-12-3-1-2-4-13(12)17/h1-4,11,14H,5-10H2. The molecule has 1 saturated heterocycles. The van der Waals surface area contributed by atoms with Gasteiger partial charge in [-0.05, 0) is 12.1 Å². The van der Waals surface area contributed by atoms with E-state index in [0.717, 1.165) is 43.8 Å². The molecule has 6 heteroatoms. The largest absolute Gasteiger partial charge is 0.314 e. The minimum Gasteiger partial charge on any atom is -0.314 e. The molecule has 1 aromatic carbocycles. The van der Waals surface area contributed by atoms with Crippen molar-refractivity contribution in [3.63, 3.8) is 0 Å². The van der Waals surface area contributed by atoms with E-state index in [4.69, 9.17) is 0 Å². The Hall–Kier alpha value is -1.24. The van der Waals surface area contributed by atoms with Crippen LogP contribution < -0.4 is 5.32 Å². The molecule has 1 fully saturated rings. The molecule has 1 aromatic heterocycles. The second-order valence-electron chi connectivity index (χ2n) is 4.68. The van der Waals surface area contributed by atoms with Gasteiger partial charge in [0.15, 0.2) is 0 Å². The third kappa shape index (κ3) is 2.86. The second-order valence-corrected chi connectivity index (χ2v) is 6.12. The first-order chi connectivity index (χ1) is 9.34. The number of aromatic nitrogens is 2. The van der Waals surface area contributed by atoms with Gasteiger partial charge in [-0.2, -0.15) is 0 Å². The molecule has 3 rings (SSSR count). The van der Waals surface area contributed by atoms with Gasteiger partial charge in [0, 0.05) is 32.7 Å². The van der Waals surface area contributed by atoms with Crippen LogP contribution in [0, 0.1) is 0 Å². The molecule has 1 N–H and O–H groups in total. The molecule has 0 bridgehead atoms. The predicted molar refractivity (Wildman–Crippen MR) is 77.5 cm³/mol. The highest BCUT2D eigenvalue weighted by atomic mass is 32.2. The van der Waals surface area contributed by atoms with Crippen molar-refractivity contribution in [2.45, 2.75) is 0 Å². The summed E-state index contributed by atoms with van der Waals surface area (Å²) in [7, 11) is -1.04. The van der Waals surface area contributed by atoms with Crippen LogP contribution in [-0.2, 0) is 11.0 Å². The van der Waals surface area contributed by atoms with Crippen LogP contribution in [0.3, 0.4) is 0 Å². The van der Waals surface area contributed by atoms with Crippen molar-refractivity contribution in [3.05, 3.63) is 30.6 Å². The second kappa shape index (κ2) is 5.81. The number of hydrogen-bond donors (Lipinski definition) is 1. The van der Waals surface area contributed by atoms with E-state index >= 15 is 0 Å². The van der Waals surface area contributed by atoms with Crippen LogP contribution in [0.2, 0.25) is 0 Å². The van der Waals surface area contributed by atoms with Crippen molar-refractivity contribution in [1.29, 1.82) is 0 Å². The first-order valence-corrected chi connectivity index (χ1v) is 7.86. The highest BCUT2D eigenvalue weighted by molar-refractivity contribution is 7.83. The van der Waals surface area contributed by atoms with Gasteiger partial charge in [0.2, 0.25) is 0 Å². The Morgan fingerprint density at radius 1 is 1.26 bits per heavy atom. The van der Waals surface area contributed by atoms with Gasteiger partial charge in [-0.25, -0.2) is 13.2 Å².